The number of piperazine rings is 1. The Labute approximate surface area is 96.9 Å². The van der Waals surface area contributed by atoms with Gasteiger partial charge in [0, 0.05) is 45.3 Å². The normalized spacial score (nSPS) is 23.3. The van der Waals surface area contributed by atoms with Gasteiger partial charge in [-0.15, -0.1) is 0 Å². The Bertz CT molecular complexity index is 234. The van der Waals surface area contributed by atoms with Gasteiger partial charge in [-0.25, -0.2) is 0 Å². The molecule has 1 aliphatic heterocycles. The van der Waals surface area contributed by atoms with Gasteiger partial charge in [-0.05, 0) is 12.8 Å². The Morgan fingerprint density at radius 2 is 1.94 bits per heavy atom. The lowest BCUT2D eigenvalue weighted by Crippen LogP contribution is -2.50. The molecule has 0 spiro atoms. The van der Waals surface area contributed by atoms with Gasteiger partial charge in [0.05, 0.1) is 6.54 Å². The van der Waals surface area contributed by atoms with E-state index in [4.69, 9.17) is 5.73 Å². The molecule has 1 aliphatic carbocycles. The molecule has 0 atom stereocenters. The van der Waals surface area contributed by atoms with Crippen LogP contribution in [0.3, 0.4) is 0 Å². The van der Waals surface area contributed by atoms with Crippen LogP contribution in [0.2, 0.25) is 0 Å². The number of nitrogens with zero attached hydrogens (tertiary/aromatic N) is 2. The van der Waals surface area contributed by atoms with Crippen LogP contribution in [-0.2, 0) is 4.79 Å². The van der Waals surface area contributed by atoms with Crippen LogP contribution < -0.4 is 11.1 Å². The second kappa shape index (κ2) is 5.61. The van der Waals surface area contributed by atoms with E-state index in [1.54, 1.807) is 0 Å². The maximum Gasteiger partial charge on any atom is 0.234 e. The lowest BCUT2D eigenvalue weighted by atomic mass is 10.3. The van der Waals surface area contributed by atoms with Crippen LogP contribution >= 0.6 is 0 Å². The lowest BCUT2D eigenvalue weighted by Gasteiger charge is -2.34. The molecule has 5 heteroatoms. The maximum absolute atomic E-state index is 11.5. The minimum absolute atomic E-state index is 0.102. The van der Waals surface area contributed by atoms with E-state index in [9.17, 15) is 4.79 Å². The Morgan fingerprint density at radius 1 is 1.25 bits per heavy atom. The molecule has 3 N–H and O–H groups in total. The van der Waals surface area contributed by atoms with Gasteiger partial charge in [-0.2, -0.15) is 0 Å². The zero-order valence-corrected chi connectivity index (χ0v) is 9.82. The molecular formula is C11H22N4O. The van der Waals surface area contributed by atoms with E-state index in [0.29, 0.717) is 19.6 Å². The number of nitrogens with two attached hydrogens (primary N) is 1. The predicted molar refractivity (Wildman–Crippen MR) is 63.1 cm³/mol. The van der Waals surface area contributed by atoms with Gasteiger partial charge in [-0.1, -0.05) is 0 Å². The summed E-state index contributed by atoms with van der Waals surface area (Å²) in [6.07, 6.45) is 2.74. The van der Waals surface area contributed by atoms with E-state index in [-0.39, 0.29) is 5.91 Å². The molecule has 2 fully saturated rings. The zero-order chi connectivity index (χ0) is 11.4. The minimum atomic E-state index is 0.102. The molecule has 16 heavy (non-hydrogen) atoms. The van der Waals surface area contributed by atoms with Crippen molar-refractivity contribution in [2.75, 3.05) is 45.8 Å². The summed E-state index contributed by atoms with van der Waals surface area (Å²) in [7, 11) is 0. The monoisotopic (exact) mass is 226 g/mol. The maximum atomic E-state index is 11.5. The molecule has 2 aliphatic rings. The van der Waals surface area contributed by atoms with Crippen molar-refractivity contribution in [1.82, 2.24) is 15.1 Å². The third kappa shape index (κ3) is 3.43. The van der Waals surface area contributed by atoms with Crippen LogP contribution in [0.1, 0.15) is 12.8 Å². The van der Waals surface area contributed by atoms with Crippen molar-refractivity contribution >= 4 is 5.91 Å². The highest BCUT2D eigenvalue weighted by molar-refractivity contribution is 5.78. The van der Waals surface area contributed by atoms with E-state index in [1.807, 2.05) is 0 Å². The van der Waals surface area contributed by atoms with Gasteiger partial charge in [0.15, 0.2) is 0 Å². The standard InChI is InChI=1S/C11H22N4O/c12-3-4-13-11(16)9-14-5-7-15(8-6-14)10-1-2-10/h10H,1-9,12H2,(H,13,16). The topological polar surface area (TPSA) is 61.6 Å². The molecule has 5 nitrogen and oxygen atoms in total. The van der Waals surface area contributed by atoms with Crippen molar-refractivity contribution in [1.29, 1.82) is 0 Å². The second-order valence-electron chi connectivity index (χ2n) is 4.68. The minimum Gasteiger partial charge on any atom is -0.354 e. The molecule has 0 bridgehead atoms. The van der Waals surface area contributed by atoms with Gasteiger partial charge < -0.3 is 11.1 Å². The number of carbonyl (C=O) groups is 1. The summed E-state index contributed by atoms with van der Waals surface area (Å²) in [5.74, 6) is 0.102. The van der Waals surface area contributed by atoms with Crippen molar-refractivity contribution in [2.45, 2.75) is 18.9 Å². The van der Waals surface area contributed by atoms with E-state index >= 15 is 0 Å². The molecule has 1 amide bonds. The lowest BCUT2D eigenvalue weighted by molar-refractivity contribution is -0.122. The highest BCUT2D eigenvalue weighted by Gasteiger charge is 2.31. The Kier molecular flexibility index (Phi) is 4.15. The summed E-state index contributed by atoms with van der Waals surface area (Å²) in [4.78, 5) is 16.3. The average molecular weight is 226 g/mol. The van der Waals surface area contributed by atoms with Crippen LogP contribution in [0.4, 0.5) is 0 Å². The Hall–Kier alpha value is -0.650. The molecule has 1 heterocycles. The summed E-state index contributed by atoms with van der Waals surface area (Å²) in [5, 5.41) is 2.81. The van der Waals surface area contributed by atoms with Gasteiger partial charge in [0.25, 0.3) is 0 Å². The third-order valence-corrected chi connectivity index (χ3v) is 3.30. The van der Waals surface area contributed by atoms with E-state index in [2.05, 4.69) is 15.1 Å². The first-order valence-corrected chi connectivity index (χ1v) is 6.23. The van der Waals surface area contributed by atoms with Crippen LogP contribution in [0, 0.1) is 0 Å². The Balaban J connectivity index is 1.62. The van der Waals surface area contributed by atoms with Crippen molar-refractivity contribution in [3.05, 3.63) is 0 Å². The van der Waals surface area contributed by atoms with Crippen LogP contribution in [0.15, 0.2) is 0 Å². The SMILES string of the molecule is NCCNC(=O)CN1CCN(C2CC2)CC1. The number of amides is 1. The number of hydrogen-bond acceptors (Lipinski definition) is 4. The van der Waals surface area contributed by atoms with Crippen LogP contribution in [-0.4, -0.2) is 67.6 Å². The summed E-state index contributed by atoms with van der Waals surface area (Å²) < 4.78 is 0. The average Bonchev–Trinajstić information content (AvgIpc) is 3.11. The first-order chi connectivity index (χ1) is 7.79. The molecule has 0 unspecified atom stereocenters. The fourth-order valence-corrected chi connectivity index (χ4v) is 2.20. The molecule has 0 aromatic carbocycles. The van der Waals surface area contributed by atoms with Crippen molar-refractivity contribution in [2.24, 2.45) is 5.73 Å². The molecule has 1 saturated heterocycles. The zero-order valence-electron chi connectivity index (χ0n) is 9.82. The number of hydrogen-bond donors (Lipinski definition) is 2. The fraction of sp³-hybridized carbons (Fsp3) is 0.909. The van der Waals surface area contributed by atoms with Gasteiger partial charge >= 0.3 is 0 Å². The summed E-state index contributed by atoms with van der Waals surface area (Å²) in [6.45, 7) is 5.91. The fourth-order valence-electron chi connectivity index (χ4n) is 2.20. The van der Waals surface area contributed by atoms with Gasteiger partial charge in [0.2, 0.25) is 5.91 Å². The molecule has 0 radical (unpaired) electrons. The molecule has 1 saturated carbocycles. The number of nitrogens with one attached hydrogen (secondary N) is 1. The summed E-state index contributed by atoms with van der Waals surface area (Å²) in [6, 6.07) is 0.855. The third-order valence-electron chi connectivity index (χ3n) is 3.30. The Morgan fingerprint density at radius 3 is 2.50 bits per heavy atom. The summed E-state index contributed by atoms with van der Waals surface area (Å²) >= 11 is 0. The highest BCUT2D eigenvalue weighted by Crippen LogP contribution is 2.27. The molecule has 92 valence electrons. The first-order valence-electron chi connectivity index (χ1n) is 6.23. The first kappa shape index (κ1) is 11.8. The van der Waals surface area contributed by atoms with Crippen molar-refractivity contribution in [3.8, 4) is 0 Å². The predicted octanol–water partition coefficient (Wildman–Crippen LogP) is -1.16. The van der Waals surface area contributed by atoms with Crippen molar-refractivity contribution < 1.29 is 4.79 Å². The number of carbonyl (C=O) groups excluding carboxylic acids is 1. The van der Waals surface area contributed by atoms with E-state index < -0.39 is 0 Å². The second-order valence-corrected chi connectivity index (χ2v) is 4.68. The van der Waals surface area contributed by atoms with E-state index in [1.165, 1.54) is 12.8 Å². The molecular weight excluding hydrogens is 204 g/mol. The van der Waals surface area contributed by atoms with Crippen LogP contribution in [0.25, 0.3) is 0 Å². The highest BCUT2D eigenvalue weighted by atomic mass is 16.2. The van der Waals surface area contributed by atoms with E-state index in [0.717, 1.165) is 32.2 Å². The van der Waals surface area contributed by atoms with Crippen LogP contribution in [0.5, 0.6) is 0 Å². The molecule has 2 rings (SSSR count). The largest absolute Gasteiger partial charge is 0.354 e. The smallest absolute Gasteiger partial charge is 0.234 e. The quantitative estimate of drug-likeness (QED) is 0.621. The molecule has 0 aromatic heterocycles. The van der Waals surface area contributed by atoms with Crippen molar-refractivity contribution in [3.63, 3.8) is 0 Å². The van der Waals surface area contributed by atoms with Gasteiger partial charge in [-0.3, -0.25) is 14.6 Å². The summed E-state index contributed by atoms with van der Waals surface area (Å²) in [5.41, 5.74) is 5.33. The number of rotatable bonds is 5. The molecule has 0 aromatic rings. The van der Waals surface area contributed by atoms with Gasteiger partial charge in [0.1, 0.15) is 0 Å².